The van der Waals surface area contributed by atoms with E-state index in [1.807, 2.05) is 48.5 Å². The molecule has 3 rings (SSSR count). The largest absolute Gasteiger partial charge is 0.489 e. The van der Waals surface area contributed by atoms with Crippen LogP contribution in [0, 0.1) is 11.7 Å². The fourth-order valence-corrected chi connectivity index (χ4v) is 4.13. The van der Waals surface area contributed by atoms with Crippen molar-refractivity contribution in [3.05, 3.63) is 101 Å². The van der Waals surface area contributed by atoms with Gasteiger partial charge >= 0.3 is 0 Å². The standard InChI is InChI=1S/C30H35FN2O3/c1-22(2)17-29(25-12-14-26(31)15-13-25)33-19-30(35)28-18-23(20-36-27-8-4-3-5-9-27)10-11-24(28)7-6-16-32-21-34/h3-5,8-15,18,21-22,29,33H,6-7,16-17,19-20H2,1-2H3,(H,32,34). The first-order valence-electron chi connectivity index (χ1n) is 12.4. The molecule has 1 atom stereocenters. The third-order valence-electron chi connectivity index (χ3n) is 5.96. The van der Waals surface area contributed by atoms with Crippen LogP contribution in [0.2, 0.25) is 0 Å². The summed E-state index contributed by atoms with van der Waals surface area (Å²) in [5, 5.41) is 6.08. The molecular weight excluding hydrogens is 455 g/mol. The van der Waals surface area contributed by atoms with E-state index in [-0.39, 0.29) is 24.2 Å². The first-order chi connectivity index (χ1) is 17.5. The number of rotatable bonds is 15. The molecule has 36 heavy (non-hydrogen) atoms. The molecule has 0 radical (unpaired) electrons. The van der Waals surface area contributed by atoms with E-state index in [2.05, 4.69) is 24.5 Å². The Hall–Kier alpha value is -3.51. The Morgan fingerprint density at radius 2 is 1.78 bits per heavy atom. The number of carbonyl (C=O) groups excluding carboxylic acids is 2. The van der Waals surface area contributed by atoms with Crippen LogP contribution >= 0.6 is 0 Å². The lowest BCUT2D eigenvalue weighted by molar-refractivity contribution is -0.109. The van der Waals surface area contributed by atoms with Crippen molar-refractivity contribution >= 4 is 12.2 Å². The van der Waals surface area contributed by atoms with Gasteiger partial charge in [-0.2, -0.15) is 0 Å². The first-order valence-corrected chi connectivity index (χ1v) is 12.4. The molecule has 0 aliphatic rings. The average molecular weight is 491 g/mol. The Balaban J connectivity index is 1.75. The number of aryl methyl sites for hydroxylation is 1. The van der Waals surface area contributed by atoms with Gasteiger partial charge in [-0.3, -0.25) is 9.59 Å². The Morgan fingerprint density at radius 3 is 2.47 bits per heavy atom. The number of hydrogen-bond donors (Lipinski definition) is 2. The van der Waals surface area contributed by atoms with Crippen LogP contribution in [0.25, 0.3) is 0 Å². The van der Waals surface area contributed by atoms with Gasteiger partial charge in [-0.25, -0.2) is 4.39 Å². The van der Waals surface area contributed by atoms with Crippen LogP contribution in [-0.4, -0.2) is 25.3 Å². The van der Waals surface area contributed by atoms with Crippen molar-refractivity contribution in [1.29, 1.82) is 0 Å². The van der Waals surface area contributed by atoms with E-state index in [0.717, 1.165) is 35.3 Å². The normalized spacial score (nSPS) is 11.8. The van der Waals surface area contributed by atoms with Gasteiger partial charge < -0.3 is 15.4 Å². The van der Waals surface area contributed by atoms with Gasteiger partial charge in [-0.05, 0) is 72.2 Å². The summed E-state index contributed by atoms with van der Waals surface area (Å²) in [6.45, 7) is 5.33. The van der Waals surface area contributed by atoms with E-state index in [0.29, 0.717) is 37.5 Å². The highest BCUT2D eigenvalue weighted by atomic mass is 19.1. The predicted octanol–water partition coefficient (Wildman–Crippen LogP) is 5.64. The van der Waals surface area contributed by atoms with Crippen molar-refractivity contribution in [2.24, 2.45) is 5.92 Å². The van der Waals surface area contributed by atoms with E-state index >= 15 is 0 Å². The maximum absolute atomic E-state index is 13.4. The van der Waals surface area contributed by atoms with Gasteiger partial charge in [0.25, 0.3) is 0 Å². The number of nitrogens with one attached hydrogen (secondary N) is 2. The molecule has 0 saturated heterocycles. The highest BCUT2D eigenvalue weighted by Gasteiger charge is 2.18. The second-order valence-electron chi connectivity index (χ2n) is 9.31. The Kier molecular flexibility index (Phi) is 10.6. The number of carbonyl (C=O) groups is 2. The summed E-state index contributed by atoms with van der Waals surface area (Å²) >= 11 is 0. The Morgan fingerprint density at radius 1 is 1.03 bits per heavy atom. The van der Waals surface area contributed by atoms with Gasteiger partial charge in [0.05, 0.1) is 6.54 Å². The van der Waals surface area contributed by atoms with Crippen LogP contribution in [0.4, 0.5) is 4.39 Å². The summed E-state index contributed by atoms with van der Waals surface area (Å²) in [5.74, 6) is 0.890. The second-order valence-corrected chi connectivity index (χ2v) is 9.31. The Labute approximate surface area is 213 Å². The van der Waals surface area contributed by atoms with Crippen molar-refractivity contribution in [2.45, 2.75) is 45.8 Å². The Bertz CT molecular complexity index is 1100. The first kappa shape index (κ1) is 27.1. The lowest BCUT2D eigenvalue weighted by Crippen LogP contribution is -2.29. The van der Waals surface area contributed by atoms with Gasteiger partial charge in [-0.1, -0.05) is 56.3 Å². The highest BCUT2D eigenvalue weighted by molar-refractivity contribution is 5.99. The monoisotopic (exact) mass is 490 g/mol. The molecular formula is C30H35FN2O3. The third-order valence-corrected chi connectivity index (χ3v) is 5.96. The van der Waals surface area contributed by atoms with Crippen LogP contribution < -0.4 is 15.4 Å². The molecule has 0 heterocycles. The fourth-order valence-electron chi connectivity index (χ4n) is 4.13. The molecule has 5 nitrogen and oxygen atoms in total. The van der Waals surface area contributed by atoms with Crippen molar-refractivity contribution in [3.8, 4) is 5.75 Å². The minimum atomic E-state index is -0.277. The predicted molar refractivity (Wildman–Crippen MR) is 141 cm³/mol. The maximum atomic E-state index is 13.4. The van der Waals surface area contributed by atoms with Crippen molar-refractivity contribution < 1.29 is 18.7 Å². The van der Waals surface area contributed by atoms with Crippen molar-refractivity contribution in [3.63, 3.8) is 0 Å². The third kappa shape index (κ3) is 8.61. The zero-order valence-electron chi connectivity index (χ0n) is 21.0. The van der Waals surface area contributed by atoms with E-state index in [9.17, 15) is 14.0 Å². The molecule has 2 N–H and O–H groups in total. The average Bonchev–Trinajstić information content (AvgIpc) is 2.89. The van der Waals surface area contributed by atoms with E-state index in [4.69, 9.17) is 4.74 Å². The fraction of sp³-hybridized carbons (Fsp3) is 0.333. The topological polar surface area (TPSA) is 67.4 Å². The number of amides is 1. The number of Topliss-reactive ketones (excluding diaryl/α,β-unsaturated/α-hetero) is 1. The van der Waals surface area contributed by atoms with Gasteiger partial charge in [0, 0.05) is 18.2 Å². The maximum Gasteiger partial charge on any atom is 0.207 e. The minimum Gasteiger partial charge on any atom is -0.489 e. The molecule has 190 valence electrons. The summed E-state index contributed by atoms with van der Waals surface area (Å²) in [7, 11) is 0. The second kappa shape index (κ2) is 14.1. The van der Waals surface area contributed by atoms with Crippen LogP contribution in [0.1, 0.15) is 59.8 Å². The number of halogens is 1. The van der Waals surface area contributed by atoms with Gasteiger partial charge in [-0.15, -0.1) is 0 Å². The number of benzene rings is 3. The molecule has 0 fully saturated rings. The lowest BCUT2D eigenvalue weighted by atomic mass is 9.95. The van der Waals surface area contributed by atoms with Gasteiger partial charge in [0.15, 0.2) is 5.78 Å². The zero-order valence-corrected chi connectivity index (χ0v) is 21.0. The van der Waals surface area contributed by atoms with Crippen molar-refractivity contribution in [2.75, 3.05) is 13.1 Å². The quantitative estimate of drug-likeness (QED) is 0.164. The molecule has 3 aromatic carbocycles. The van der Waals surface area contributed by atoms with Crippen LogP contribution in [0.3, 0.4) is 0 Å². The molecule has 6 heteroatoms. The van der Waals surface area contributed by atoms with Crippen LogP contribution in [0.15, 0.2) is 72.8 Å². The summed E-state index contributed by atoms with van der Waals surface area (Å²) in [6.07, 6.45) is 2.92. The molecule has 0 aliphatic heterocycles. The molecule has 0 spiro atoms. The number of ketones is 1. The number of para-hydroxylation sites is 1. The summed E-state index contributed by atoms with van der Waals surface area (Å²) < 4.78 is 19.3. The summed E-state index contributed by atoms with van der Waals surface area (Å²) in [6, 6.07) is 21.8. The SMILES string of the molecule is CC(C)CC(NCC(=O)c1cc(COc2ccccc2)ccc1CCCNC=O)c1ccc(F)cc1. The summed E-state index contributed by atoms with van der Waals surface area (Å²) in [5.41, 5.74) is 3.47. The van der Waals surface area contributed by atoms with Crippen LogP contribution in [0.5, 0.6) is 5.75 Å². The van der Waals surface area contributed by atoms with Crippen molar-refractivity contribution in [1.82, 2.24) is 10.6 Å². The molecule has 0 saturated carbocycles. The molecule has 0 aliphatic carbocycles. The molecule has 0 bridgehead atoms. The van der Waals surface area contributed by atoms with Gasteiger partial charge in [0.2, 0.25) is 6.41 Å². The number of ether oxygens (including phenoxy) is 1. The van der Waals surface area contributed by atoms with E-state index in [1.165, 1.54) is 12.1 Å². The van der Waals surface area contributed by atoms with E-state index < -0.39 is 0 Å². The van der Waals surface area contributed by atoms with Crippen LogP contribution in [-0.2, 0) is 17.8 Å². The summed E-state index contributed by atoms with van der Waals surface area (Å²) in [4.78, 5) is 24.0. The lowest BCUT2D eigenvalue weighted by Gasteiger charge is -2.21. The molecule has 3 aromatic rings. The molecule has 1 amide bonds. The minimum absolute atomic E-state index is 0.00854. The smallest absolute Gasteiger partial charge is 0.207 e. The molecule has 0 aromatic heterocycles. The molecule has 1 unspecified atom stereocenters. The highest BCUT2D eigenvalue weighted by Crippen LogP contribution is 2.23. The zero-order chi connectivity index (χ0) is 25.8. The number of hydrogen-bond acceptors (Lipinski definition) is 4. The van der Waals surface area contributed by atoms with E-state index in [1.54, 1.807) is 12.1 Å². The van der Waals surface area contributed by atoms with Gasteiger partial charge in [0.1, 0.15) is 18.2 Å².